The van der Waals surface area contributed by atoms with E-state index < -0.39 is 6.04 Å². The minimum absolute atomic E-state index is 0.109. The van der Waals surface area contributed by atoms with Gasteiger partial charge in [0.05, 0.1) is 12.2 Å². The van der Waals surface area contributed by atoms with Crippen LogP contribution >= 0.6 is 22.6 Å². The first kappa shape index (κ1) is 16.2. The van der Waals surface area contributed by atoms with Gasteiger partial charge in [0.25, 0.3) is 5.91 Å². The molecule has 0 bridgehead atoms. The lowest BCUT2D eigenvalue weighted by atomic mass is 10.1. The number of hydrogen-bond acceptors (Lipinski definition) is 4. The highest BCUT2D eigenvalue weighted by atomic mass is 127. The van der Waals surface area contributed by atoms with Crippen LogP contribution in [0.1, 0.15) is 22.8 Å². The van der Waals surface area contributed by atoms with Crippen molar-refractivity contribution in [1.29, 1.82) is 0 Å². The molecule has 0 saturated carbocycles. The van der Waals surface area contributed by atoms with Crippen LogP contribution in [-0.2, 0) is 9.53 Å². The molecule has 0 spiro atoms. The first-order chi connectivity index (χ1) is 10.1. The highest BCUT2D eigenvalue weighted by Crippen LogP contribution is 2.20. The van der Waals surface area contributed by atoms with Crippen LogP contribution in [0.15, 0.2) is 18.2 Å². The summed E-state index contributed by atoms with van der Waals surface area (Å²) in [5.74, 6) is -0.455. The Morgan fingerprint density at radius 2 is 2.24 bits per heavy atom. The summed E-state index contributed by atoms with van der Waals surface area (Å²) < 4.78 is 6.01. The van der Waals surface area contributed by atoms with Gasteiger partial charge in [0.15, 0.2) is 0 Å². The number of rotatable bonds is 3. The van der Waals surface area contributed by atoms with Crippen molar-refractivity contribution in [1.82, 2.24) is 10.2 Å². The van der Waals surface area contributed by atoms with Gasteiger partial charge in [-0.1, -0.05) is 12.1 Å². The predicted octanol–water partition coefficient (Wildman–Crippen LogP) is 1.58. The summed E-state index contributed by atoms with van der Waals surface area (Å²) in [7, 11) is 0. The number of nitrogens with one attached hydrogen (secondary N) is 1. The minimum Gasteiger partial charge on any atom is -0.464 e. The van der Waals surface area contributed by atoms with Gasteiger partial charge < -0.3 is 15.0 Å². The summed E-state index contributed by atoms with van der Waals surface area (Å²) in [6.45, 7) is 5.69. The normalized spacial score (nSPS) is 18.4. The number of aryl methyl sites for hydroxylation is 1. The lowest BCUT2D eigenvalue weighted by molar-refractivity contribution is -0.149. The van der Waals surface area contributed by atoms with Gasteiger partial charge in [-0.15, -0.1) is 0 Å². The lowest BCUT2D eigenvalue weighted by Crippen LogP contribution is -2.57. The number of piperazine rings is 1. The van der Waals surface area contributed by atoms with Crippen molar-refractivity contribution in [3.63, 3.8) is 0 Å². The topological polar surface area (TPSA) is 58.6 Å². The third-order valence-electron chi connectivity index (χ3n) is 3.49. The maximum Gasteiger partial charge on any atom is 0.330 e. The SMILES string of the molecule is CCOC(=O)C1CNCCN1C(=O)c1cccc(C)c1I. The molecule has 0 aromatic heterocycles. The van der Waals surface area contributed by atoms with Crippen LogP contribution in [0.2, 0.25) is 0 Å². The van der Waals surface area contributed by atoms with Crippen molar-refractivity contribution >= 4 is 34.5 Å². The first-order valence-electron chi connectivity index (χ1n) is 6.99. The van der Waals surface area contributed by atoms with E-state index >= 15 is 0 Å². The molecule has 6 heteroatoms. The fraction of sp³-hybridized carbons (Fsp3) is 0.467. The number of halogens is 1. The number of carbonyl (C=O) groups is 2. The average molecular weight is 402 g/mol. The minimum atomic E-state index is -0.553. The van der Waals surface area contributed by atoms with Gasteiger partial charge in [0.2, 0.25) is 0 Å². The van der Waals surface area contributed by atoms with E-state index in [4.69, 9.17) is 4.74 Å². The Bertz CT molecular complexity index is 548. The van der Waals surface area contributed by atoms with Gasteiger partial charge in [0, 0.05) is 23.2 Å². The molecule has 1 aromatic rings. The van der Waals surface area contributed by atoms with Crippen LogP contribution < -0.4 is 5.32 Å². The number of amides is 1. The molecule has 21 heavy (non-hydrogen) atoms. The van der Waals surface area contributed by atoms with E-state index in [2.05, 4.69) is 27.9 Å². The molecule has 5 nitrogen and oxygen atoms in total. The summed E-state index contributed by atoms with van der Waals surface area (Å²) >= 11 is 2.18. The third-order valence-corrected chi connectivity index (χ3v) is 4.92. The van der Waals surface area contributed by atoms with Crippen molar-refractivity contribution in [3.8, 4) is 0 Å². The quantitative estimate of drug-likeness (QED) is 0.616. The largest absolute Gasteiger partial charge is 0.464 e. The molecule has 114 valence electrons. The highest BCUT2D eigenvalue weighted by molar-refractivity contribution is 14.1. The zero-order valence-electron chi connectivity index (χ0n) is 12.2. The molecule has 1 fully saturated rings. The first-order valence-corrected chi connectivity index (χ1v) is 8.07. The van der Waals surface area contributed by atoms with Crippen LogP contribution in [0.25, 0.3) is 0 Å². The number of carbonyl (C=O) groups excluding carboxylic acids is 2. The summed E-state index contributed by atoms with van der Waals surface area (Å²) in [5, 5.41) is 3.14. The maximum absolute atomic E-state index is 12.8. The second kappa shape index (κ2) is 7.22. The molecule has 1 amide bonds. The van der Waals surface area contributed by atoms with Crippen molar-refractivity contribution in [3.05, 3.63) is 32.9 Å². The molecule has 1 aliphatic rings. The zero-order chi connectivity index (χ0) is 15.4. The number of esters is 1. The fourth-order valence-electron chi connectivity index (χ4n) is 2.36. The maximum atomic E-state index is 12.8. The number of hydrogen-bond donors (Lipinski definition) is 1. The smallest absolute Gasteiger partial charge is 0.330 e. The molecule has 1 heterocycles. The van der Waals surface area contributed by atoms with Gasteiger partial charge >= 0.3 is 5.97 Å². The van der Waals surface area contributed by atoms with Crippen LogP contribution in [0.4, 0.5) is 0 Å². The van der Waals surface area contributed by atoms with Crippen molar-refractivity contribution in [2.45, 2.75) is 19.9 Å². The molecule has 1 atom stereocenters. The molecule has 1 saturated heterocycles. The Labute approximate surface area is 138 Å². The summed E-state index contributed by atoms with van der Waals surface area (Å²) in [4.78, 5) is 26.4. The second-order valence-electron chi connectivity index (χ2n) is 4.91. The van der Waals surface area contributed by atoms with Gasteiger partial charge in [-0.25, -0.2) is 4.79 Å². The summed E-state index contributed by atoms with van der Waals surface area (Å²) in [5.41, 5.74) is 1.70. The van der Waals surface area contributed by atoms with Crippen LogP contribution in [0, 0.1) is 10.5 Å². The summed E-state index contributed by atoms with van der Waals surface area (Å²) in [6.07, 6.45) is 0. The monoisotopic (exact) mass is 402 g/mol. The van der Waals surface area contributed by atoms with Crippen LogP contribution in [0.5, 0.6) is 0 Å². The van der Waals surface area contributed by atoms with E-state index in [1.807, 2.05) is 19.1 Å². The van der Waals surface area contributed by atoms with E-state index in [-0.39, 0.29) is 11.9 Å². The third kappa shape index (κ3) is 3.55. The molecule has 2 rings (SSSR count). The number of benzene rings is 1. The zero-order valence-corrected chi connectivity index (χ0v) is 14.3. The van der Waals surface area contributed by atoms with Crippen LogP contribution in [-0.4, -0.2) is 49.1 Å². The van der Waals surface area contributed by atoms with Gasteiger partial charge in [0.1, 0.15) is 6.04 Å². The van der Waals surface area contributed by atoms with E-state index in [1.165, 1.54) is 0 Å². The van der Waals surface area contributed by atoms with Gasteiger partial charge in [-0.2, -0.15) is 0 Å². The molecule has 0 aliphatic carbocycles. The molecule has 1 unspecified atom stereocenters. The van der Waals surface area contributed by atoms with Crippen LogP contribution in [0.3, 0.4) is 0 Å². The fourth-order valence-corrected chi connectivity index (χ4v) is 2.95. The Kier molecular flexibility index (Phi) is 5.58. The number of ether oxygens (including phenoxy) is 1. The number of nitrogens with zero attached hydrogens (tertiary/aromatic N) is 1. The van der Waals surface area contributed by atoms with Gasteiger partial charge in [-0.05, 0) is 48.1 Å². The second-order valence-corrected chi connectivity index (χ2v) is 5.99. The van der Waals surface area contributed by atoms with Crippen molar-refractivity contribution < 1.29 is 14.3 Å². The Morgan fingerprint density at radius 1 is 1.48 bits per heavy atom. The highest BCUT2D eigenvalue weighted by Gasteiger charge is 2.34. The molecule has 1 aromatic carbocycles. The van der Waals surface area contributed by atoms with Crippen molar-refractivity contribution in [2.24, 2.45) is 0 Å². The molecular formula is C15H19IN2O3. The molecule has 1 N–H and O–H groups in total. The average Bonchev–Trinajstić information content (AvgIpc) is 2.49. The Balaban J connectivity index is 2.26. The predicted molar refractivity (Wildman–Crippen MR) is 88.2 cm³/mol. The molecule has 0 radical (unpaired) electrons. The Hall–Kier alpha value is -1.15. The van der Waals surface area contributed by atoms with E-state index in [1.54, 1.807) is 17.9 Å². The lowest BCUT2D eigenvalue weighted by Gasteiger charge is -2.34. The Morgan fingerprint density at radius 3 is 2.95 bits per heavy atom. The molecular weight excluding hydrogens is 383 g/mol. The van der Waals surface area contributed by atoms with E-state index in [0.717, 1.165) is 9.13 Å². The standard InChI is InChI=1S/C15H19IN2O3/c1-3-21-15(20)12-9-17-7-8-18(12)14(19)11-6-4-5-10(2)13(11)16/h4-6,12,17H,3,7-9H2,1-2H3. The van der Waals surface area contributed by atoms with Gasteiger partial charge in [-0.3, -0.25) is 4.79 Å². The van der Waals surface area contributed by atoms with Crippen molar-refractivity contribution in [2.75, 3.05) is 26.2 Å². The van der Waals surface area contributed by atoms with E-state index in [0.29, 0.717) is 31.8 Å². The summed E-state index contributed by atoms with van der Waals surface area (Å²) in [6, 6.07) is 5.09. The molecule has 1 aliphatic heterocycles. The van der Waals surface area contributed by atoms with E-state index in [9.17, 15) is 9.59 Å².